The first-order chi connectivity index (χ1) is 13.0. The van der Waals surface area contributed by atoms with Gasteiger partial charge in [0.15, 0.2) is 0 Å². The monoisotopic (exact) mass is 374 g/mol. The molecule has 2 aliphatic rings. The third-order valence-corrected chi connectivity index (χ3v) is 5.40. The fourth-order valence-electron chi connectivity index (χ4n) is 3.92. The number of methoxy groups -OCH3 is 1. The first-order valence-corrected chi connectivity index (χ1v) is 9.78. The van der Waals surface area contributed by atoms with Crippen LogP contribution in [0.1, 0.15) is 60.1 Å². The molecule has 0 bridgehead atoms. The fraction of sp³-hybridized carbons (Fsp3) is 0.650. The Kier molecular flexibility index (Phi) is 6.31. The molecule has 0 saturated heterocycles. The number of pyridine rings is 1. The minimum atomic E-state index is -0.00156. The van der Waals surface area contributed by atoms with Gasteiger partial charge in [-0.05, 0) is 46.0 Å². The van der Waals surface area contributed by atoms with Gasteiger partial charge in [0.1, 0.15) is 0 Å². The van der Waals surface area contributed by atoms with E-state index < -0.39 is 0 Å². The largest absolute Gasteiger partial charge is 0.481 e. The van der Waals surface area contributed by atoms with E-state index in [9.17, 15) is 9.59 Å². The first-order valence-electron chi connectivity index (χ1n) is 9.78. The Morgan fingerprint density at radius 1 is 1.37 bits per heavy atom. The Bertz CT molecular complexity index is 699. The average molecular weight is 374 g/mol. The summed E-state index contributed by atoms with van der Waals surface area (Å²) in [4.78, 5) is 33.5. The molecule has 0 radical (unpaired) electrons. The van der Waals surface area contributed by atoms with E-state index >= 15 is 0 Å². The second kappa shape index (κ2) is 8.69. The fourth-order valence-corrected chi connectivity index (χ4v) is 3.92. The number of carbonyl (C=O) groups is 2. The van der Waals surface area contributed by atoms with Crippen molar-refractivity contribution >= 4 is 11.8 Å². The van der Waals surface area contributed by atoms with E-state index in [1.54, 1.807) is 7.11 Å². The molecule has 0 aromatic carbocycles. The van der Waals surface area contributed by atoms with E-state index in [1.807, 2.05) is 25.1 Å². The van der Waals surface area contributed by atoms with E-state index in [4.69, 9.17) is 4.74 Å². The average Bonchev–Trinajstić information content (AvgIpc) is 3.27. The van der Waals surface area contributed by atoms with Crippen LogP contribution in [0.5, 0.6) is 5.88 Å². The van der Waals surface area contributed by atoms with Gasteiger partial charge in [0.05, 0.1) is 24.9 Å². The number of ether oxygens (including phenoxy) is 1. The van der Waals surface area contributed by atoms with E-state index in [2.05, 4.69) is 15.2 Å². The number of hydrogen-bond acceptors (Lipinski definition) is 5. The SMILES string of the molecule is COc1nc2c(cc1CNC(=O)CCCN(C)C)C(=O)N(C1CCCC1)C2. The number of aromatic nitrogens is 1. The maximum atomic E-state index is 12.8. The molecule has 2 amide bonds. The molecule has 1 saturated carbocycles. The Labute approximate surface area is 161 Å². The van der Waals surface area contributed by atoms with Gasteiger partial charge in [-0.15, -0.1) is 0 Å². The molecular formula is C20H30N4O3. The molecule has 0 atom stereocenters. The van der Waals surface area contributed by atoms with Crippen LogP contribution < -0.4 is 10.1 Å². The summed E-state index contributed by atoms with van der Waals surface area (Å²) >= 11 is 0. The lowest BCUT2D eigenvalue weighted by atomic mass is 10.1. The molecule has 3 rings (SSSR count). The lowest BCUT2D eigenvalue weighted by Gasteiger charge is -2.22. The number of nitrogens with one attached hydrogen (secondary N) is 1. The number of nitrogens with zero attached hydrogens (tertiary/aromatic N) is 3. The lowest BCUT2D eigenvalue weighted by Crippen LogP contribution is -2.33. The van der Waals surface area contributed by atoms with Crippen molar-refractivity contribution < 1.29 is 14.3 Å². The van der Waals surface area contributed by atoms with E-state index in [0.29, 0.717) is 37.0 Å². The third-order valence-electron chi connectivity index (χ3n) is 5.40. The van der Waals surface area contributed by atoms with Gasteiger partial charge in [-0.1, -0.05) is 12.8 Å². The zero-order valence-electron chi connectivity index (χ0n) is 16.6. The van der Waals surface area contributed by atoms with Crippen LogP contribution in [0.25, 0.3) is 0 Å². The predicted octanol–water partition coefficient (Wildman–Crippen LogP) is 1.95. The molecule has 2 heterocycles. The van der Waals surface area contributed by atoms with Crippen molar-refractivity contribution in [2.75, 3.05) is 27.7 Å². The molecule has 7 nitrogen and oxygen atoms in total. The van der Waals surface area contributed by atoms with Crippen molar-refractivity contribution in [2.24, 2.45) is 0 Å². The molecule has 27 heavy (non-hydrogen) atoms. The molecule has 1 aliphatic heterocycles. The predicted molar refractivity (Wildman–Crippen MR) is 103 cm³/mol. The number of amides is 2. The van der Waals surface area contributed by atoms with Crippen LogP contribution in [0.15, 0.2) is 6.07 Å². The summed E-state index contributed by atoms with van der Waals surface area (Å²) in [5.74, 6) is 0.548. The quantitative estimate of drug-likeness (QED) is 0.753. The molecule has 0 spiro atoms. The van der Waals surface area contributed by atoms with Crippen LogP contribution in [-0.2, 0) is 17.9 Å². The molecule has 1 N–H and O–H groups in total. The van der Waals surface area contributed by atoms with Crippen molar-refractivity contribution in [3.8, 4) is 5.88 Å². The second-order valence-corrected chi connectivity index (χ2v) is 7.71. The summed E-state index contributed by atoms with van der Waals surface area (Å²) in [7, 11) is 5.55. The maximum absolute atomic E-state index is 12.8. The van der Waals surface area contributed by atoms with Crippen LogP contribution in [-0.4, -0.2) is 60.4 Å². The molecular weight excluding hydrogens is 344 g/mol. The van der Waals surface area contributed by atoms with Gasteiger partial charge >= 0.3 is 0 Å². The Hall–Kier alpha value is -2.15. The number of rotatable bonds is 8. The zero-order chi connectivity index (χ0) is 19.4. The molecule has 7 heteroatoms. The van der Waals surface area contributed by atoms with Gasteiger partial charge in [-0.2, -0.15) is 0 Å². The minimum absolute atomic E-state index is 0.00156. The van der Waals surface area contributed by atoms with Gasteiger partial charge < -0.3 is 19.9 Å². The van der Waals surface area contributed by atoms with Gasteiger partial charge in [0.2, 0.25) is 11.8 Å². The van der Waals surface area contributed by atoms with Crippen molar-refractivity contribution in [1.82, 2.24) is 20.1 Å². The molecule has 148 valence electrons. The highest BCUT2D eigenvalue weighted by Gasteiger charge is 2.35. The van der Waals surface area contributed by atoms with Crippen molar-refractivity contribution in [3.05, 3.63) is 22.9 Å². The normalized spacial score (nSPS) is 16.9. The van der Waals surface area contributed by atoms with E-state index in [1.165, 1.54) is 12.8 Å². The van der Waals surface area contributed by atoms with Crippen molar-refractivity contribution in [2.45, 2.75) is 57.7 Å². The van der Waals surface area contributed by atoms with Crippen LogP contribution in [0.2, 0.25) is 0 Å². The van der Waals surface area contributed by atoms with Crippen molar-refractivity contribution in [3.63, 3.8) is 0 Å². The summed E-state index contributed by atoms with van der Waals surface area (Å²) < 4.78 is 5.41. The number of hydrogen-bond donors (Lipinski definition) is 1. The highest BCUT2D eigenvalue weighted by atomic mass is 16.5. The Morgan fingerprint density at radius 2 is 2.11 bits per heavy atom. The first kappa shape index (κ1) is 19.6. The zero-order valence-corrected chi connectivity index (χ0v) is 16.6. The van der Waals surface area contributed by atoms with Crippen LogP contribution in [0.4, 0.5) is 0 Å². The van der Waals surface area contributed by atoms with Crippen LogP contribution in [0.3, 0.4) is 0 Å². The van der Waals surface area contributed by atoms with E-state index in [0.717, 1.165) is 37.1 Å². The second-order valence-electron chi connectivity index (χ2n) is 7.71. The topological polar surface area (TPSA) is 74.8 Å². The maximum Gasteiger partial charge on any atom is 0.256 e. The molecule has 1 aliphatic carbocycles. The van der Waals surface area contributed by atoms with Gasteiger partial charge in [0, 0.05) is 24.6 Å². The molecule has 1 aromatic heterocycles. The highest BCUT2D eigenvalue weighted by Crippen LogP contribution is 2.33. The third kappa shape index (κ3) is 4.58. The summed E-state index contributed by atoms with van der Waals surface area (Å²) in [6.45, 7) is 1.76. The Morgan fingerprint density at radius 3 is 2.78 bits per heavy atom. The molecule has 0 unspecified atom stereocenters. The highest BCUT2D eigenvalue weighted by molar-refractivity contribution is 5.98. The number of fused-ring (bicyclic) bond motifs is 1. The summed E-state index contributed by atoms with van der Waals surface area (Å²) in [5.41, 5.74) is 2.18. The Balaban J connectivity index is 1.65. The van der Waals surface area contributed by atoms with Crippen molar-refractivity contribution in [1.29, 1.82) is 0 Å². The molecule has 1 aromatic rings. The van der Waals surface area contributed by atoms with E-state index in [-0.39, 0.29) is 11.8 Å². The molecule has 1 fully saturated rings. The number of carbonyl (C=O) groups excluding carboxylic acids is 2. The smallest absolute Gasteiger partial charge is 0.256 e. The lowest BCUT2D eigenvalue weighted by molar-refractivity contribution is -0.121. The van der Waals surface area contributed by atoms with Gasteiger partial charge in [-0.25, -0.2) is 4.98 Å². The van der Waals surface area contributed by atoms with Gasteiger partial charge in [-0.3, -0.25) is 9.59 Å². The van der Waals surface area contributed by atoms with Crippen LogP contribution >= 0.6 is 0 Å². The standard InChI is InChI=1S/C20H30N4O3/c1-23(2)10-6-9-18(25)21-12-14-11-16-17(22-19(14)27-3)13-24(20(16)26)15-7-4-5-8-15/h11,15H,4-10,12-13H2,1-3H3,(H,21,25). The summed E-state index contributed by atoms with van der Waals surface area (Å²) in [5, 5.41) is 2.92. The summed E-state index contributed by atoms with van der Waals surface area (Å²) in [6.07, 6.45) is 5.82. The summed E-state index contributed by atoms with van der Waals surface area (Å²) in [6, 6.07) is 2.18. The van der Waals surface area contributed by atoms with Crippen LogP contribution in [0, 0.1) is 0 Å². The minimum Gasteiger partial charge on any atom is -0.481 e. The van der Waals surface area contributed by atoms with Gasteiger partial charge in [0.25, 0.3) is 5.91 Å².